The molecule has 0 aliphatic heterocycles. The average Bonchev–Trinajstić information content (AvgIpc) is 2.27. The van der Waals surface area contributed by atoms with E-state index in [0.717, 1.165) is 6.07 Å². The van der Waals surface area contributed by atoms with Crippen molar-refractivity contribution in [2.24, 2.45) is 0 Å². The molecule has 1 heterocycles. The number of hydrogen-bond donors (Lipinski definition) is 1. The number of esters is 1. The van der Waals surface area contributed by atoms with Gasteiger partial charge in [-0.3, -0.25) is 4.79 Å². The predicted molar refractivity (Wildman–Crippen MR) is 55.6 cm³/mol. The molecule has 0 saturated carbocycles. The third kappa shape index (κ3) is 2.60. The molecule has 0 aliphatic carbocycles. The van der Waals surface area contributed by atoms with E-state index in [1.165, 1.54) is 25.0 Å². The number of carbonyl (C=O) groups is 1. The second-order valence-corrected chi connectivity index (χ2v) is 3.09. The van der Waals surface area contributed by atoms with Crippen molar-refractivity contribution in [3.8, 4) is 5.75 Å². The summed E-state index contributed by atoms with van der Waals surface area (Å²) in [5.41, 5.74) is -0.444. The van der Waals surface area contributed by atoms with E-state index in [-0.39, 0.29) is 11.3 Å². The zero-order valence-corrected chi connectivity index (χ0v) is 9.10. The summed E-state index contributed by atoms with van der Waals surface area (Å²) in [5, 5.41) is 9.40. The molecular weight excluding hydrogens is 214 g/mol. The highest BCUT2D eigenvalue weighted by atomic mass is 16.5. The van der Waals surface area contributed by atoms with Gasteiger partial charge in [0.2, 0.25) is 0 Å². The fourth-order valence-corrected chi connectivity index (χ4v) is 1.19. The molecule has 0 amide bonds. The summed E-state index contributed by atoms with van der Waals surface area (Å²) in [6.45, 7) is 0.644. The van der Waals surface area contributed by atoms with Crippen LogP contribution in [0.4, 0.5) is 0 Å². The van der Waals surface area contributed by atoms with Crippen molar-refractivity contribution in [3.63, 3.8) is 0 Å². The molecule has 0 bridgehead atoms. The molecule has 88 valence electrons. The molecule has 0 atom stereocenters. The Bertz CT molecular complexity index is 437. The number of methoxy groups -OCH3 is 2. The summed E-state index contributed by atoms with van der Waals surface area (Å²) in [5.74, 6) is -1.07. The lowest BCUT2D eigenvalue weighted by molar-refractivity contribution is 0.0596. The van der Waals surface area contributed by atoms with Crippen LogP contribution in [0, 0.1) is 0 Å². The zero-order chi connectivity index (χ0) is 12.1. The van der Waals surface area contributed by atoms with E-state index in [1.807, 2.05) is 0 Å². The van der Waals surface area contributed by atoms with E-state index < -0.39 is 11.5 Å². The fourth-order valence-electron chi connectivity index (χ4n) is 1.19. The molecule has 0 aliphatic rings. The minimum absolute atomic E-state index is 0.0433. The van der Waals surface area contributed by atoms with Gasteiger partial charge < -0.3 is 19.1 Å². The van der Waals surface area contributed by atoms with E-state index in [9.17, 15) is 14.7 Å². The number of nitrogens with zero attached hydrogens (tertiary/aromatic N) is 1. The van der Waals surface area contributed by atoms with Gasteiger partial charge in [-0.05, 0) is 0 Å². The topological polar surface area (TPSA) is 77.8 Å². The van der Waals surface area contributed by atoms with E-state index in [4.69, 9.17) is 4.74 Å². The Labute approximate surface area is 92.0 Å². The monoisotopic (exact) mass is 227 g/mol. The minimum atomic E-state index is -0.691. The summed E-state index contributed by atoms with van der Waals surface area (Å²) < 4.78 is 10.6. The first-order valence-electron chi connectivity index (χ1n) is 4.61. The Balaban J connectivity index is 3.11. The maximum absolute atomic E-state index is 11.4. The number of pyridine rings is 1. The lowest BCUT2D eigenvalue weighted by atomic mass is 10.2. The molecule has 6 nitrogen and oxygen atoms in total. The van der Waals surface area contributed by atoms with E-state index in [1.54, 1.807) is 0 Å². The number of aromatic hydroxyl groups is 1. The van der Waals surface area contributed by atoms with Gasteiger partial charge in [0, 0.05) is 25.9 Å². The van der Waals surface area contributed by atoms with Crippen LogP contribution in [0.15, 0.2) is 17.1 Å². The molecule has 1 rings (SSSR count). The third-order valence-corrected chi connectivity index (χ3v) is 2.05. The second kappa shape index (κ2) is 5.32. The number of hydrogen-bond acceptors (Lipinski definition) is 5. The van der Waals surface area contributed by atoms with Gasteiger partial charge in [0.15, 0.2) is 0 Å². The van der Waals surface area contributed by atoms with Crippen LogP contribution in [0.25, 0.3) is 0 Å². The van der Waals surface area contributed by atoms with Crippen molar-refractivity contribution in [1.29, 1.82) is 0 Å². The Morgan fingerprint density at radius 1 is 1.50 bits per heavy atom. The van der Waals surface area contributed by atoms with Crippen molar-refractivity contribution >= 4 is 5.97 Å². The second-order valence-electron chi connectivity index (χ2n) is 3.09. The van der Waals surface area contributed by atoms with E-state index in [2.05, 4.69) is 4.74 Å². The maximum Gasteiger partial charge on any atom is 0.343 e. The van der Waals surface area contributed by atoms with Crippen LogP contribution in [-0.2, 0) is 16.0 Å². The van der Waals surface area contributed by atoms with Crippen LogP contribution in [0.5, 0.6) is 5.75 Å². The third-order valence-electron chi connectivity index (χ3n) is 2.05. The minimum Gasteiger partial charge on any atom is -0.507 e. The van der Waals surface area contributed by atoms with Gasteiger partial charge in [0.1, 0.15) is 11.3 Å². The highest BCUT2D eigenvalue weighted by molar-refractivity contribution is 5.91. The Kier molecular flexibility index (Phi) is 4.07. The number of rotatable bonds is 4. The molecule has 6 heteroatoms. The zero-order valence-electron chi connectivity index (χ0n) is 9.10. The smallest absolute Gasteiger partial charge is 0.343 e. The Morgan fingerprint density at radius 2 is 2.19 bits per heavy atom. The SMILES string of the molecule is COCCn1cc(C(=O)OC)c(O)cc1=O. The molecule has 0 aromatic carbocycles. The summed E-state index contributed by atoms with van der Waals surface area (Å²) in [6.07, 6.45) is 1.25. The molecule has 0 saturated heterocycles. The predicted octanol–water partition coefficient (Wildman–Crippen LogP) is -0.0131. The van der Waals surface area contributed by atoms with Gasteiger partial charge in [0.05, 0.1) is 13.7 Å². The number of aromatic nitrogens is 1. The summed E-state index contributed by atoms with van der Waals surface area (Å²) in [6, 6.07) is 0.974. The first kappa shape index (κ1) is 12.3. The van der Waals surface area contributed by atoms with Crippen molar-refractivity contribution < 1.29 is 19.4 Å². The Hall–Kier alpha value is -1.82. The van der Waals surface area contributed by atoms with Crippen LogP contribution in [0.1, 0.15) is 10.4 Å². The quantitative estimate of drug-likeness (QED) is 0.732. The van der Waals surface area contributed by atoms with Gasteiger partial charge in [-0.2, -0.15) is 0 Å². The van der Waals surface area contributed by atoms with Crippen molar-refractivity contribution in [1.82, 2.24) is 4.57 Å². The summed E-state index contributed by atoms with van der Waals surface area (Å²) in [4.78, 5) is 22.6. The number of ether oxygens (including phenoxy) is 2. The molecule has 0 radical (unpaired) electrons. The van der Waals surface area contributed by atoms with Crippen molar-refractivity contribution in [3.05, 3.63) is 28.2 Å². The largest absolute Gasteiger partial charge is 0.507 e. The van der Waals surface area contributed by atoms with Crippen LogP contribution >= 0.6 is 0 Å². The first-order valence-corrected chi connectivity index (χ1v) is 4.61. The highest BCUT2D eigenvalue weighted by Crippen LogP contribution is 2.14. The van der Waals surface area contributed by atoms with Gasteiger partial charge in [-0.15, -0.1) is 0 Å². The standard InChI is InChI=1S/C10H13NO5/c1-15-4-3-11-6-7(10(14)16-2)8(12)5-9(11)13/h5-6,12H,3-4H2,1-2H3. The van der Waals surface area contributed by atoms with Crippen LogP contribution < -0.4 is 5.56 Å². The average molecular weight is 227 g/mol. The van der Waals surface area contributed by atoms with Crippen molar-refractivity contribution in [2.45, 2.75) is 6.54 Å². The van der Waals surface area contributed by atoms with Gasteiger partial charge in [-0.25, -0.2) is 4.79 Å². The van der Waals surface area contributed by atoms with E-state index >= 15 is 0 Å². The molecule has 1 aromatic heterocycles. The summed E-state index contributed by atoms with van der Waals surface area (Å²) in [7, 11) is 2.71. The Morgan fingerprint density at radius 3 is 2.75 bits per heavy atom. The van der Waals surface area contributed by atoms with E-state index in [0.29, 0.717) is 13.2 Å². The van der Waals surface area contributed by atoms with Gasteiger partial charge >= 0.3 is 5.97 Å². The maximum atomic E-state index is 11.4. The normalized spacial score (nSPS) is 10.1. The van der Waals surface area contributed by atoms with Crippen LogP contribution in [0.3, 0.4) is 0 Å². The molecule has 1 aromatic rings. The highest BCUT2D eigenvalue weighted by Gasteiger charge is 2.13. The van der Waals surface area contributed by atoms with Gasteiger partial charge in [-0.1, -0.05) is 0 Å². The van der Waals surface area contributed by atoms with Crippen LogP contribution in [-0.4, -0.2) is 36.5 Å². The summed E-state index contributed by atoms with van der Waals surface area (Å²) >= 11 is 0. The molecule has 16 heavy (non-hydrogen) atoms. The molecule has 0 spiro atoms. The number of carbonyl (C=O) groups excluding carboxylic acids is 1. The lowest BCUT2D eigenvalue weighted by Crippen LogP contribution is -2.22. The lowest BCUT2D eigenvalue weighted by Gasteiger charge is -2.08. The molecule has 1 N–H and O–H groups in total. The molecular formula is C10H13NO5. The van der Waals surface area contributed by atoms with Crippen molar-refractivity contribution in [2.75, 3.05) is 20.8 Å². The molecule has 0 fully saturated rings. The van der Waals surface area contributed by atoms with Crippen LogP contribution in [0.2, 0.25) is 0 Å². The fraction of sp³-hybridized carbons (Fsp3) is 0.400. The first-order chi connectivity index (χ1) is 7.60. The molecule has 0 unspecified atom stereocenters. The van der Waals surface area contributed by atoms with Gasteiger partial charge in [0.25, 0.3) is 5.56 Å².